The highest BCUT2D eigenvalue weighted by atomic mass is 79.9. The minimum Gasteiger partial charge on any atom is -0.366 e. The number of allylic oxidation sites excluding steroid dienone is 1. The second-order valence-electron chi connectivity index (χ2n) is 2.87. The average molecular weight is 254 g/mol. The van der Waals surface area contributed by atoms with Gasteiger partial charge in [-0.05, 0) is 24.1 Å². The Kier molecular flexibility index (Phi) is 4.40. The predicted octanol–water partition coefficient (Wildman–Crippen LogP) is 2.58. The lowest BCUT2D eigenvalue weighted by Crippen LogP contribution is -2.10. The number of alkyl halides is 1. The maximum Gasteiger partial charge on any atom is 0.248 e. The van der Waals surface area contributed by atoms with Crippen LogP contribution in [0, 0.1) is 0 Å². The number of benzene rings is 1. The molecule has 2 N–H and O–H groups in total. The largest absolute Gasteiger partial charge is 0.366 e. The lowest BCUT2D eigenvalue weighted by Gasteiger charge is -1.96. The molecule has 1 rings (SSSR count). The van der Waals surface area contributed by atoms with Gasteiger partial charge in [-0.1, -0.05) is 40.2 Å². The monoisotopic (exact) mass is 253 g/mol. The van der Waals surface area contributed by atoms with E-state index in [4.69, 9.17) is 5.73 Å². The van der Waals surface area contributed by atoms with E-state index in [1.807, 2.05) is 18.2 Å². The van der Waals surface area contributed by atoms with Crippen molar-refractivity contribution in [1.82, 2.24) is 0 Å². The van der Waals surface area contributed by atoms with E-state index in [0.717, 1.165) is 17.3 Å². The van der Waals surface area contributed by atoms with Crippen molar-refractivity contribution in [2.75, 3.05) is 5.33 Å². The average Bonchev–Trinajstić information content (AvgIpc) is 2.19. The second-order valence-corrected chi connectivity index (χ2v) is 3.66. The van der Waals surface area contributed by atoms with Crippen molar-refractivity contribution in [1.29, 1.82) is 0 Å². The van der Waals surface area contributed by atoms with Gasteiger partial charge in [0.2, 0.25) is 5.91 Å². The SMILES string of the molecule is NC(=O)c1ccc(C=CCCBr)cc1. The number of hydrogen-bond acceptors (Lipinski definition) is 1. The maximum atomic E-state index is 10.8. The quantitative estimate of drug-likeness (QED) is 0.824. The fourth-order valence-corrected chi connectivity index (χ4v) is 1.31. The van der Waals surface area contributed by atoms with Crippen molar-refractivity contribution in [3.8, 4) is 0 Å². The predicted molar refractivity (Wildman–Crippen MR) is 62.4 cm³/mol. The van der Waals surface area contributed by atoms with Gasteiger partial charge in [0.05, 0.1) is 0 Å². The van der Waals surface area contributed by atoms with Crippen LogP contribution in [0.2, 0.25) is 0 Å². The topological polar surface area (TPSA) is 43.1 Å². The normalized spacial score (nSPS) is 10.6. The van der Waals surface area contributed by atoms with Crippen LogP contribution in [0.5, 0.6) is 0 Å². The van der Waals surface area contributed by atoms with Gasteiger partial charge in [-0.2, -0.15) is 0 Å². The van der Waals surface area contributed by atoms with Crippen LogP contribution >= 0.6 is 15.9 Å². The molecular formula is C11H12BrNO. The first-order chi connectivity index (χ1) is 6.74. The molecule has 0 aliphatic heterocycles. The third-order valence-electron chi connectivity index (χ3n) is 1.78. The molecule has 0 saturated carbocycles. The molecule has 0 spiro atoms. The summed E-state index contributed by atoms with van der Waals surface area (Å²) in [6, 6.07) is 7.22. The number of carbonyl (C=O) groups excluding carboxylic acids is 1. The summed E-state index contributed by atoms with van der Waals surface area (Å²) >= 11 is 3.34. The molecule has 0 saturated heterocycles. The molecular weight excluding hydrogens is 242 g/mol. The summed E-state index contributed by atoms with van der Waals surface area (Å²) < 4.78 is 0. The summed E-state index contributed by atoms with van der Waals surface area (Å²) in [6.45, 7) is 0. The Balaban J connectivity index is 2.68. The van der Waals surface area contributed by atoms with Crippen LogP contribution in [0.3, 0.4) is 0 Å². The van der Waals surface area contributed by atoms with E-state index in [1.165, 1.54) is 0 Å². The lowest BCUT2D eigenvalue weighted by atomic mass is 10.1. The van der Waals surface area contributed by atoms with Gasteiger partial charge in [-0.3, -0.25) is 4.79 Å². The summed E-state index contributed by atoms with van der Waals surface area (Å²) in [5, 5.41) is 0.961. The number of primary amides is 1. The molecule has 0 aliphatic carbocycles. The molecule has 74 valence electrons. The molecule has 0 unspecified atom stereocenters. The highest BCUT2D eigenvalue weighted by molar-refractivity contribution is 9.09. The minimum atomic E-state index is -0.388. The number of hydrogen-bond donors (Lipinski definition) is 1. The summed E-state index contributed by atoms with van der Waals surface area (Å²) in [4.78, 5) is 10.8. The van der Waals surface area contributed by atoms with Crippen molar-refractivity contribution in [3.63, 3.8) is 0 Å². The molecule has 1 aromatic carbocycles. The summed E-state index contributed by atoms with van der Waals surface area (Å²) in [7, 11) is 0. The molecule has 1 amide bonds. The molecule has 2 nitrogen and oxygen atoms in total. The molecule has 3 heteroatoms. The Morgan fingerprint density at radius 3 is 2.50 bits per heavy atom. The van der Waals surface area contributed by atoms with Crippen molar-refractivity contribution in [3.05, 3.63) is 41.5 Å². The molecule has 0 heterocycles. The van der Waals surface area contributed by atoms with E-state index in [1.54, 1.807) is 12.1 Å². The molecule has 0 aromatic heterocycles. The van der Waals surface area contributed by atoms with Crippen LogP contribution in [0.15, 0.2) is 30.3 Å². The zero-order valence-electron chi connectivity index (χ0n) is 7.74. The Bertz CT molecular complexity index is 330. The first-order valence-corrected chi connectivity index (χ1v) is 5.48. The van der Waals surface area contributed by atoms with Gasteiger partial charge in [0, 0.05) is 10.9 Å². The zero-order chi connectivity index (χ0) is 10.4. The van der Waals surface area contributed by atoms with Gasteiger partial charge in [0.1, 0.15) is 0 Å². The first kappa shape index (κ1) is 11.0. The van der Waals surface area contributed by atoms with Crippen molar-refractivity contribution in [2.24, 2.45) is 5.73 Å². The number of nitrogens with two attached hydrogens (primary N) is 1. The van der Waals surface area contributed by atoms with E-state index < -0.39 is 0 Å². The molecule has 14 heavy (non-hydrogen) atoms. The smallest absolute Gasteiger partial charge is 0.248 e. The molecule has 1 aromatic rings. The fourth-order valence-electron chi connectivity index (χ4n) is 1.04. The van der Waals surface area contributed by atoms with Crippen LogP contribution in [0.4, 0.5) is 0 Å². The fraction of sp³-hybridized carbons (Fsp3) is 0.182. The number of carbonyl (C=O) groups is 1. The van der Waals surface area contributed by atoms with Crippen LogP contribution in [0.1, 0.15) is 22.3 Å². The third kappa shape index (κ3) is 3.34. The van der Waals surface area contributed by atoms with Gasteiger partial charge in [-0.25, -0.2) is 0 Å². The van der Waals surface area contributed by atoms with E-state index >= 15 is 0 Å². The van der Waals surface area contributed by atoms with Crippen LogP contribution in [-0.4, -0.2) is 11.2 Å². The summed E-state index contributed by atoms with van der Waals surface area (Å²) in [5.74, 6) is -0.388. The molecule has 0 fully saturated rings. The van der Waals surface area contributed by atoms with E-state index in [2.05, 4.69) is 22.0 Å². The highest BCUT2D eigenvalue weighted by Gasteiger charge is 1.97. The Morgan fingerprint density at radius 1 is 1.36 bits per heavy atom. The standard InChI is InChI=1S/C11H12BrNO/c12-8-2-1-3-9-4-6-10(7-5-9)11(13)14/h1,3-7H,2,8H2,(H2,13,14). The van der Waals surface area contributed by atoms with Gasteiger partial charge in [0.15, 0.2) is 0 Å². The van der Waals surface area contributed by atoms with Crippen molar-refractivity contribution >= 4 is 27.9 Å². The molecule has 0 bridgehead atoms. The Labute approximate surface area is 91.9 Å². The minimum absolute atomic E-state index is 0.388. The third-order valence-corrected chi connectivity index (χ3v) is 2.24. The van der Waals surface area contributed by atoms with Gasteiger partial charge in [-0.15, -0.1) is 0 Å². The maximum absolute atomic E-state index is 10.8. The Hall–Kier alpha value is -1.09. The summed E-state index contributed by atoms with van der Waals surface area (Å²) in [5.41, 5.74) is 6.75. The lowest BCUT2D eigenvalue weighted by molar-refractivity contribution is 0.100. The van der Waals surface area contributed by atoms with E-state index in [0.29, 0.717) is 5.56 Å². The molecule has 0 aliphatic rings. The van der Waals surface area contributed by atoms with Crippen molar-refractivity contribution in [2.45, 2.75) is 6.42 Å². The number of rotatable bonds is 4. The van der Waals surface area contributed by atoms with Crippen LogP contribution in [-0.2, 0) is 0 Å². The summed E-state index contributed by atoms with van der Waals surface area (Å²) in [6.07, 6.45) is 5.09. The second kappa shape index (κ2) is 5.60. The van der Waals surface area contributed by atoms with Gasteiger partial charge < -0.3 is 5.73 Å². The molecule has 0 atom stereocenters. The van der Waals surface area contributed by atoms with Crippen molar-refractivity contribution < 1.29 is 4.79 Å². The van der Waals surface area contributed by atoms with Crippen LogP contribution in [0.25, 0.3) is 6.08 Å². The highest BCUT2D eigenvalue weighted by Crippen LogP contribution is 2.06. The van der Waals surface area contributed by atoms with E-state index in [9.17, 15) is 4.79 Å². The Morgan fingerprint density at radius 2 is 2.00 bits per heavy atom. The van der Waals surface area contributed by atoms with Gasteiger partial charge in [0.25, 0.3) is 0 Å². The zero-order valence-corrected chi connectivity index (χ0v) is 9.33. The molecule has 0 radical (unpaired) electrons. The van der Waals surface area contributed by atoms with E-state index in [-0.39, 0.29) is 5.91 Å². The number of amides is 1. The van der Waals surface area contributed by atoms with Crippen LogP contribution < -0.4 is 5.73 Å². The van der Waals surface area contributed by atoms with Gasteiger partial charge >= 0.3 is 0 Å². The first-order valence-electron chi connectivity index (χ1n) is 4.36. The number of halogens is 1.